The minimum Gasteiger partial charge on any atom is -0.455 e. The van der Waals surface area contributed by atoms with Crippen LogP contribution in [0, 0.1) is 20.8 Å². The number of amides is 1. The fourth-order valence-electron chi connectivity index (χ4n) is 3.48. The quantitative estimate of drug-likeness (QED) is 0.582. The van der Waals surface area contributed by atoms with Gasteiger partial charge in [0.2, 0.25) is 15.9 Å². The summed E-state index contributed by atoms with van der Waals surface area (Å²) in [5.74, 6) is 0.643. The Morgan fingerprint density at radius 2 is 1.52 bits per heavy atom. The number of anilines is 1. The standard InChI is InChI=1S/C24H26N2O4S/c1-17-14-18(2)24(19(3)15-17)31(28,29)26(4)16-23(27)25-21-12-8-9-13-22(21)30-20-10-6-5-7-11-20/h5-15H,16H2,1-4H3,(H,25,27). The molecule has 3 aromatic rings. The number of rotatable bonds is 7. The van der Waals surface area contributed by atoms with Gasteiger partial charge in [-0.15, -0.1) is 0 Å². The van der Waals surface area contributed by atoms with E-state index in [2.05, 4.69) is 5.32 Å². The molecule has 0 spiro atoms. The molecule has 7 heteroatoms. The molecule has 31 heavy (non-hydrogen) atoms. The van der Waals surface area contributed by atoms with E-state index in [1.165, 1.54) is 7.05 Å². The number of nitrogens with zero attached hydrogens (tertiary/aromatic N) is 1. The van der Waals surface area contributed by atoms with Crippen LogP contribution in [0.5, 0.6) is 11.5 Å². The highest BCUT2D eigenvalue weighted by atomic mass is 32.2. The average Bonchev–Trinajstić information content (AvgIpc) is 2.69. The van der Waals surface area contributed by atoms with Gasteiger partial charge in [0.1, 0.15) is 5.75 Å². The molecule has 1 amide bonds. The summed E-state index contributed by atoms with van der Waals surface area (Å²) in [7, 11) is -2.42. The summed E-state index contributed by atoms with van der Waals surface area (Å²) in [5.41, 5.74) is 2.77. The van der Waals surface area contributed by atoms with E-state index in [-0.39, 0.29) is 11.4 Å². The molecule has 0 aliphatic heterocycles. The molecule has 162 valence electrons. The fourth-order valence-corrected chi connectivity index (χ4v) is 5.01. The number of ether oxygens (including phenoxy) is 1. The summed E-state index contributed by atoms with van der Waals surface area (Å²) in [6.45, 7) is 5.12. The van der Waals surface area contributed by atoms with Crippen molar-refractivity contribution in [3.8, 4) is 11.5 Å². The molecule has 0 radical (unpaired) electrons. The topological polar surface area (TPSA) is 75.7 Å². The molecule has 3 rings (SSSR count). The number of hydrogen-bond acceptors (Lipinski definition) is 4. The molecular formula is C24H26N2O4S. The van der Waals surface area contributed by atoms with Gasteiger partial charge in [-0.1, -0.05) is 48.0 Å². The van der Waals surface area contributed by atoms with E-state index >= 15 is 0 Å². The van der Waals surface area contributed by atoms with Crippen LogP contribution in [-0.4, -0.2) is 32.2 Å². The Hall–Kier alpha value is -3.16. The Morgan fingerprint density at radius 1 is 0.935 bits per heavy atom. The molecule has 3 aromatic carbocycles. The minimum atomic E-state index is -3.82. The second-order valence-corrected chi connectivity index (χ2v) is 9.43. The number of hydrogen-bond donors (Lipinski definition) is 1. The number of benzene rings is 3. The fraction of sp³-hybridized carbons (Fsp3) is 0.208. The van der Waals surface area contributed by atoms with E-state index in [1.54, 1.807) is 38.1 Å². The number of carbonyl (C=O) groups excluding carboxylic acids is 1. The van der Waals surface area contributed by atoms with E-state index < -0.39 is 15.9 Å². The van der Waals surface area contributed by atoms with Crippen LogP contribution < -0.4 is 10.1 Å². The molecule has 0 fully saturated rings. The molecule has 0 unspecified atom stereocenters. The zero-order chi connectivity index (χ0) is 22.6. The lowest BCUT2D eigenvalue weighted by molar-refractivity contribution is -0.116. The SMILES string of the molecule is Cc1cc(C)c(S(=O)(=O)N(C)CC(=O)Nc2ccccc2Oc2ccccc2)c(C)c1. The normalized spacial score (nSPS) is 11.4. The highest BCUT2D eigenvalue weighted by molar-refractivity contribution is 7.89. The first-order chi connectivity index (χ1) is 14.7. The van der Waals surface area contributed by atoms with Crippen molar-refractivity contribution in [2.45, 2.75) is 25.7 Å². The van der Waals surface area contributed by atoms with Crippen molar-refractivity contribution in [1.82, 2.24) is 4.31 Å². The van der Waals surface area contributed by atoms with Gasteiger partial charge in [0.05, 0.1) is 17.1 Å². The van der Waals surface area contributed by atoms with Crippen LogP contribution in [0.2, 0.25) is 0 Å². The van der Waals surface area contributed by atoms with Gasteiger partial charge in [0.25, 0.3) is 0 Å². The molecule has 0 bridgehead atoms. The van der Waals surface area contributed by atoms with Gasteiger partial charge in [0, 0.05) is 7.05 Å². The summed E-state index contributed by atoms with van der Waals surface area (Å²) in [6, 6.07) is 19.9. The molecule has 6 nitrogen and oxygen atoms in total. The maximum Gasteiger partial charge on any atom is 0.243 e. The number of carbonyl (C=O) groups is 1. The molecule has 0 saturated heterocycles. The van der Waals surface area contributed by atoms with Crippen molar-refractivity contribution >= 4 is 21.6 Å². The van der Waals surface area contributed by atoms with Gasteiger partial charge in [-0.25, -0.2) is 8.42 Å². The van der Waals surface area contributed by atoms with Gasteiger partial charge in [0.15, 0.2) is 5.75 Å². The first-order valence-corrected chi connectivity index (χ1v) is 11.3. The molecule has 1 N–H and O–H groups in total. The Bertz CT molecular complexity index is 1170. The lowest BCUT2D eigenvalue weighted by Crippen LogP contribution is -2.35. The number of aryl methyl sites for hydroxylation is 3. The van der Waals surface area contributed by atoms with Gasteiger partial charge < -0.3 is 10.1 Å². The van der Waals surface area contributed by atoms with Crippen LogP contribution >= 0.6 is 0 Å². The molecule has 0 heterocycles. The van der Waals surface area contributed by atoms with Gasteiger partial charge >= 0.3 is 0 Å². The number of sulfonamides is 1. The summed E-state index contributed by atoms with van der Waals surface area (Å²) in [5, 5.41) is 2.75. The van der Waals surface area contributed by atoms with Crippen LogP contribution in [-0.2, 0) is 14.8 Å². The van der Waals surface area contributed by atoms with Gasteiger partial charge in [-0.05, 0) is 56.2 Å². The van der Waals surface area contributed by atoms with E-state index in [9.17, 15) is 13.2 Å². The summed E-state index contributed by atoms with van der Waals surface area (Å²) in [6.07, 6.45) is 0. The third-order valence-electron chi connectivity index (χ3n) is 4.77. The molecule has 0 aliphatic rings. The van der Waals surface area contributed by atoms with Crippen molar-refractivity contribution < 1.29 is 17.9 Å². The molecular weight excluding hydrogens is 412 g/mol. The predicted octanol–water partition coefficient (Wildman–Crippen LogP) is 4.66. The number of likely N-dealkylation sites (N-methyl/N-ethyl adjacent to an activating group) is 1. The maximum absolute atomic E-state index is 13.1. The first-order valence-electron chi connectivity index (χ1n) is 9.84. The molecule has 0 aromatic heterocycles. The van der Waals surface area contributed by atoms with E-state index in [0.717, 1.165) is 9.87 Å². The van der Waals surface area contributed by atoms with Crippen LogP contribution in [0.4, 0.5) is 5.69 Å². The highest BCUT2D eigenvalue weighted by Gasteiger charge is 2.27. The van der Waals surface area contributed by atoms with Crippen LogP contribution in [0.15, 0.2) is 71.6 Å². The molecule has 0 saturated carbocycles. The Kier molecular flexibility index (Phi) is 6.77. The van der Waals surface area contributed by atoms with Gasteiger partial charge in [-0.2, -0.15) is 4.31 Å². The third kappa shape index (κ3) is 5.31. The van der Waals surface area contributed by atoms with Crippen LogP contribution in [0.3, 0.4) is 0 Å². The van der Waals surface area contributed by atoms with Gasteiger partial charge in [-0.3, -0.25) is 4.79 Å². The maximum atomic E-state index is 13.1. The number of nitrogens with one attached hydrogen (secondary N) is 1. The number of para-hydroxylation sites is 3. The Morgan fingerprint density at radius 3 is 2.16 bits per heavy atom. The summed E-state index contributed by atoms with van der Waals surface area (Å²) < 4.78 is 33.1. The third-order valence-corrected chi connectivity index (χ3v) is 6.88. The largest absolute Gasteiger partial charge is 0.455 e. The van der Waals surface area contributed by atoms with Crippen molar-refractivity contribution in [3.05, 3.63) is 83.4 Å². The minimum absolute atomic E-state index is 0.237. The zero-order valence-electron chi connectivity index (χ0n) is 18.0. The summed E-state index contributed by atoms with van der Waals surface area (Å²) >= 11 is 0. The smallest absolute Gasteiger partial charge is 0.243 e. The monoisotopic (exact) mass is 438 g/mol. The van der Waals surface area contributed by atoms with Crippen molar-refractivity contribution in [2.24, 2.45) is 0 Å². The first kappa shape index (κ1) is 22.5. The molecule has 0 aliphatic carbocycles. The Balaban J connectivity index is 1.76. The van der Waals surface area contributed by atoms with Crippen molar-refractivity contribution in [3.63, 3.8) is 0 Å². The second-order valence-electron chi connectivity index (χ2n) is 7.45. The molecule has 0 atom stereocenters. The predicted molar refractivity (Wildman–Crippen MR) is 122 cm³/mol. The highest BCUT2D eigenvalue weighted by Crippen LogP contribution is 2.29. The second kappa shape index (κ2) is 9.32. The lowest BCUT2D eigenvalue weighted by atomic mass is 10.1. The Labute approximate surface area is 183 Å². The summed E-state index contributed by atoms with van der Waals surface area (Å²) in [4.78, 5) is 12.9. The van der Waals surface area contributed by atoms with E-state index in [1.807, 2.05) is 49.4 Å². The van der Waals surface area contributed by atoms with E-state index in [4.69, 9.17) is 4.74 Å². The van der Waals surface area contributed by atoms with Crippen molar-refractivity contribution in [1.29, 1.82) is 0 Å². The zero-order valence-corrected chi connectivity index (χ0v) is 18.9. The average molecular weight is 439 g/mol. The van der Waals surface area contributed by atoms with Crippen molar-refractivity contribution in [2.75, 3.05) is 18.9 Å². The van der Waals surface area contributed by atoms with Crippen LogP contribution in [0.1, 0.15) is 16.7 Å². The lowest BCUT2D eigenvalue weighted by Gasteiger charge is -2.20. The van der Waals surface area contributed by atoms with E-state index in [0.29, 0.717) is 28.3 Å². The van der Waals surface area contributed by atoms with Crippen LogP contribution in [0.25, 0.3) is 0 Å².